The molecule has 0 aromatic carbocycles. The second kappa shape index (κ2) is 5.17. The van der Waals surface area contributed by atoms with Crippen molar-refractivity contribution in [2.75, 3.05) is 23.9 Å². The molecule has 0 aliphatic heterocycles. The van der Waals surface area contributed by atoms with Crippen molar-refractivity contribution in [1.82, 2.24) is 9.78 Å². The third-order valence-electron chi connectivity index (χ3n) is 1.85. The third-order valence-corrected chi connectivity index (χ3v) is 2.55. The molecule has 4 heteroatoms. The van der Waals surface area contributed by atoms with Gasteiger partial charge in [0.25, 0.3) is 0 Å². The molecule has 1 heterocycles. The molecule has 3 nitrogen and oxygen atoms in total. The van der Waals surface area contributed by atoms with Gasteiger partial charge in [0.15, 0.2) is 0 Å². The van der Waals surface area contributed by atoms with Crippen molar-refractivity contribution < 1.29 is 0 Å². The second-order valence-electron chi connectivity index (χ2n) is 3.07. The van der Waals surface area contributed by atoms with Crippen molar-refractivity contribution in [1.29, 1.82) is 0 Å². The van der Waals surface area contributed by atoms with Crippen LogP contribution in [0.15, 0.2) is 6.20 Å². The molecule has 0 aliphatic rings. The molecule has 0 radical (unpaired) electrons. The Hall–Kier alpha value is -0.640. The molecule has 13 heavy (non-hydrogen) atoms. The van der Waals surface area contributed by atoms with Crippen LogP contribution < -0.4 is 5.32 Å². The first-order chi connectivity index (χ1) is 6.24. The molecular weight excluding hydrogens is 182 g/mol. The predicted octanol–water partition coefficient (Wildman–Crippen LogP) is 1.89. The van der Waals surface area contributed by atoms with E-state index in [2.05, 4.69) is 16.7 Å². The zero-order chi connectivity index (χ0) is 9.68. The van der Waals surface area contributed by atoms with Crippen LogP contribution in [0, 0.1) is 6.92 Å². The number of rotatable bonds is 5. The van der Waals surface area contributed by atoms with E-state index in [0.29, 0.717) is 0 Å². The number of thioether (sulfide) groups is 1. The average molecular weight is 199 g/mol. The summed E-state index contributed by atoms with van der Waals surface area (Å²) in [5.74, 6) is 1.21. The summed E-state index contributed by atoms with van der Waals surface area (Å²) in [6.45, 7) is 3.06. The molecule has 1 rings (SSSR count). The van der Waals surface area contributed by atoms with E-state index in [1.54, 1.807) is 0 Å². The Kier molecular flexibility index (Phi) is 4.15. The summed E-state index contributed by atoms with van der Waals surface area (Å²) >= 11 is 1.89. The molecule has 0 saturated heterocycles. The summed E-state index contributed by atoms with van der Waals surface area (Å²) < 4.78 is 1.84. The van der Waals surface area contributed by atoms with Gasteiger partial charge in [-0.3, -0.25) is 4.68 Å². The number of hydrogen-bond donors (Lipinski definition) is 1. The minimum Gasteiger partial charge on any atom is -0.382 e. The smallest absolute Gasteiger partial charge is 0.0824 e. The highest BCUT2D eigenvalue weighted by Gasteiger charge is 2.00. The maximum atomic E-state index is 4.26. The number of nitrogens with one attached hydrogen (secondary N) is 1. The highest BCUT2D eigenvalue weighted by molar-refractivity contribution is 7.98. The summed E-state index contributed by atoms with van der Waals surface area (Å²) in [7, 11) is 1.94. The van der Waals surface area contributed by atoms with Gasteiger partial charge in [0.1, 0.15) is 0 Å². The van der Waals surface area contributed by atoms with Crippen LogP contribution in [0.4, 0.5) is 5.69 Å². The lowest BCUT2D eigenvalue weighted by Gasteiger charge is -2.02. The average Bonchev–Trinajstić information content (AvgIpc) is 2.39. The first-order valence-electron chi connectivity index (χ1n) is 4.47. The van der Waals surface area contributed by atoms with Crippen molar-refractivity contribution in [2.24, 2.45) is 7.05 Å². The fraction of sp³-hybridized carbons (Fsp3) is 0.667. The largest absolute Gasteiger partial charge is 0.382 e. The fourth-order valence-electron chi connectivity index (χ4n) is 1.21. The van der Waals surface area contributed by atoms with Gasteiger partial charge in [0, 0.05) is 19.8 Å². The minimum absolute atomic E-state index is 1.04. The van der Waals surface area contributed by atoms with E-state index in [1.165, 1.54) is 12.2 Å². The van der Waals surface area contributed by atoms with Gasteiger partial charge in [0.05, 0.1) is 11.4 Å². The minimum atomic E-state index is 1.04. The number of anilines is 1. The zero-order valence-corrected chi connectivity index (χ0v) is 9.32. The van der Waals surface area contributed by atoms with Crippen molar-refractivity contribution in [3.05, 3.63) is 11.9 Å². The Balaban J connectivity index is 2.32. The molecule has 1 aromatic heterocycles. The fourth-order valence-corrected chi connectivity index (χ4v) is 1.65. The SMILES string of the molecule is CSCCCNc1cn(C)nc1C. The first kappa shape index (κ1) is 10.4. The van der Waals surface area contributed by atoms with E-state index in [0.717, 1.165) is 17.9 Å². The van der Waals surface area contributed by atoms with Gasteiger partial charge >= 0.3 is 0 Å². The van der Waals surface area contributed by atoms with Crippen LogP contribution in [0.5, 0.6) is 0 Å². The number of aryl methyl sites for hydroxylation is 2. The van der Waals surface area contributed by atoms with Gasteiger partial charge in [-0.05, 0) is 25.4 Å². The lowest BCUT2D eigenvalue weighted by Crippen LogP contribution is -2.02. The van der Waals surface area contributed by atoms with E-state index in [9.17, 15) is 0 Å². The molecule has 0 atom stereocenters. The number of aromatic nitrogens is 2. The molecule has 0 unspecified atom stereocenters. The van der Waals surface area contributed by atoms with Crippen LogP contribution in [-0.2, 0) is 7.05 Å². The predicted molar refractivity (Wildman–Crippen MR) is 59.4 cm³/mol. The Morgan fingerprint density at radius 2 is 2.38 bits per heavy atom. The summed E-state index contributed by atoms with van der Waals surface area (Å²) in [5, 5.41) is 7.63. The summed E-state index contributed by atoms with van der Waals surface area (Å²) in [4.78, 5) is 0. The third kappa shape index (κ3) is 3.30. The monoisotopic (exact) mass is 199 g/mol. The van der Waals surface area contributed by atoms with E-state index in [-0.39, 0.29) is 0 Å². The molecule has 1 aromatic rings. The highest BCUT2D eigenvalue weighted by Crippen LogP contribution is 2.11. The molecule has 0 spiro atoms. The van der Waals surface area contributed by atoms with Gasteiger partial charge in [-0.2, -0.15) is 16.9 Å². The van der Waals surface area contributed by atoms with Crippen LogP contribution in [0.3, 0.4) is 0 Å². The Labute approximate surface area is 83.9 Å². The maximum absolute atomic E-state index is 4.26. The first-order valence-corrected chi connectivity index (χ1v) is 5.86. The normalized spacial score (nSPS) is 10.4. The molecular formula is C9H17N3S. The second-order valence-corrected chi connectivity index (χ2v) is 4.06. The van der Waals surface area contributed by atoms with Gasteiger partial charge in [-0.15, -0.1) is 0 Å². The van der Waals surface area contributed by atoms with E-state index in [1.807, 2.05) is 36.6 Å². The van der Waals surface area contributed by atoms with Crippen molar-refractivity contribution in [3.8, 4) is 0 Å². The molecule has 1 N–H and O–H groups in total. The standard InChI is InChI=1S/C9H17N3S/c1-8-9(7-12(2)11-8)10-5-4-6-13-3/h7,10H,4-6H2,1-3H3. The van der Waals surface area contributed by atoms with Crippen molar-refractivity contribution >= 4 is 17.4 Å². The number of hydrogen-bond acceptors (Lipinski definition) is 3. The quantitative estimate of drug-likeness (QED) is 0.734. The molecule has 0 aliphatic carbocycles. The van der Waals surface area contributed by atoms with Gasteiger partial charge in [-0.1, -0.05) is 0 Å². The summed E-state index contributed by atoms with van der Waals surface area (Å²) in [6.07, 6.45) is 5.36. The molecule has 0 amide bonds. The Bertz CT molecular complexity index is 257. The van der Waals surface area contributed by atoms with Gasteiger partial charge in [-0.25, -0.2) is 0 Å². The van der Waals surface area contributed by atoms with E-state index >= 15 is 0 Å². The van der Waals surface area contributed by atoms with Crippen LogP contribution in [-0.4, -0.2) is 28.3 Å². The van der Waals surface area contributed by atoms with Crippen molar-refractivity contribution in [3.63, 3.8) is 0 Å². The molecule has 0 saturated carbocycles. The summed E-state index contributed by atoms with van der Waals surface area (Å²) in [6, 6.07) is 0. The molecule has 0 fully saturated rings. The lowest BCUT2D eigenvalue weighted by molar-refractivity contribution is 0.756. The molecule has 0 bridgehead atoms. The zero-order valence-electron chi connectivity index (χ0n) is 8.50. The van der Waals surface area contributed by atoms with Crippen LogP contribution in [0.2, 0.25) is 0 Å². The Morgan fingerprint density at radius 3 is 2.92 bits per heavy atom. The van der Waals surface area contributed by atoms with Gasteiger partial charge < -0.3 is 5.32 Å². The highest BCUT2D eigenvalue weighted by atomic mass is 32.2. The summed E-state index contributed by atoms with van der Waals surface area (Å²) in [5.41, 5.74) is 2.23. The van der Waals surface area contributed by atoms with E-state index < -0.39 is 0 Å². The number of nitrogens with zero attached hydrogens (tertiary/aromatic N) is 2. The van der Waals surface area contributed by atoms with E-state index in [4.69, 9.17) is 0 Å². The maximum Gasteiger partial charge on any atom is 0.0824 e. The van der Waals surface area contributed by atoms with Crippen LogP contribution >= 0.6 is 11.8 Å². The topological polar surface area (TPSA) is 29.9 Å². The lowest BCUT2D eigenvalue weighted by atomic mass is 10.4. The molecule has 74 valence electrons. The van der Waals surface area contributed by atoms with Crippen LogP contribution in [0.1, 0.15) is 12.1 Å². The Morgan fingerprint density at radius 1 is 1.62 bits per heavy atom. The van der Waals surface area contributed by atoms with Gasteiger partial charge in [0.2, 0.25) is 0 Å². The van der Waals surface area contributed by atoms with Crippen molar-refractivity contribution in [2.45, 2.75) is 13.3 Å². The van der Waals surface area contributed by atoms with Crippen LogP contribution in [0.25, 0.3) is 0 Å².